The van der Waals surface area contributed by atoms with Gasteiger partial charge < -0.3 is 24.7 Å². The van der Waals surface area contributed by atoms with Crippen LogP contribution in [0.15, 0.2) is 60.7 Å². The van der Waals surface area contributed by atoms with Gasteiger partial charge in [0.2, 0.25) is 0 Å². The van der Waals surface area contributed by atoms with Crippen molar-refractivity contribution in [3.05, 3.63) is 77.6 Å². The monoisotopic (exact) mass is 448 g/mol. The number of anilines is 2. The molecular weight excluding hydrogens is 419 g/mol. The van der Waals surface area contributed by atoms with Crippen LogP contribution in [0.2, 0.25) is 0 Å². The van der Waals surface area contributed by atoms with E-state index in [1.54, 1.807) is 36.4 Å². The second-order valence-electron chi connectivity index (χ2n) is 9.05. The Kier molecular flexibility index (Phi) is 5.85. The lowest BCUT2D eigenvalue weighted by Crippen LogP contribution is -2.47. The molecule has 5 nitrogen and oxygen atoms in total. The first-order valence-corrected chi connectivity index (χ1v) is 11.6. The van der Waals surface area contributed by atoms with Gasteiger partial charge in [0.1, 0.15) is 29.7 Å². The molecule has 0 aromatic heterocycles. The van der Waals surface area contributed by atoms with Crippen molar-refractivity contribution in [2.75, 3.05) is 31.1 Å². The standard InChI is InChI=1S/C27H29FN2O3/c1-2-11-29-15-18(16-29)12-20-3-6-21(13-24(20)28)30-25-10-9-23(32)14-27(25)33-17-26(30)19-4-7-22(31)8-5-19/h3-10,13-14,18,26,31-32H,2,11-12,15-17H2,1H3/t26-/m0/s1. The molecule has 0 unspecified atom stereocenters. The summed E-state index contributed by atoms with van der Waals surface area (Å²) < 4.78 is 21.2. The smallest absolute Gasteiger partial charge is 0.146 e. The Bertz CT molecular complexity index is 1130. The number of halogens is 1. The number of fused-ring (bicyclic) bond motifs is 1. The van der Waals surface area contributed by atoms with Crippen LogP contribution in [0.1, 0.15) is 30.5 Å². The van der Waals surface area contributed by atoms with Gasteiger partial charge in [0.15, 0.2) is 0 Å². The van der Waals surface area contributed by atoms with Crippen LogP contribution in [-0.4, -0.2) is 41.4 Å². The minimum Gasteiger partial charge on any atom is -0.508 e. The van der Waals surface area contributed by atoms with Crippen molar-refractivity contribution in [3.8, 4) is 17.2 Å². The molecule has 2 heterocycles. The molecule has 0 bridgehead atoms. The van der Waals surface area contributed by atoms with Crippen LogP contribution >= 0.6 is 0 Å². The Morgan fingerprint density at radius 2 is 1.73 bits per heavy atom. The molecule has 1 fully saturated rings. The molecule has 5 rings (SSSR count). The molecule has 0 spiro atoms. The maximum Gasteiger partial charge on any atom is 0.146 e. The first-order chi connectivity index (χ1) is 16.0. The Balaban J connectivity index is 1.45. The number of aromatic hydroxyl groups is 2. The molecule has 0 saturated carbocycles. The molecule has 2 N–H and O–H groups in total. The fourth-order valence-electron chi connectivity index (χ4n) is 4.96. The molecule has 0 amide bonds. The number of phenols is 2. The molecular formula is C27H29FN2O3. The molecule has 3 aromatic carbocycles. The fraction of sp³-hybridized carbons (Fsp3) is 0.333. The summed E-state index contributed by atoms with van der Waals surface area (Å²) in [5.41, 5.74) is 3.19. The van der Waals surface area contributed by atoms with Crippen molar-refractivity contribution in [1.82, 2.24) is 4.90 Å². The maximum atomic E-state index is 15.2. The van der Waals surface area contributed by atoms with Crippen LogP contribution in [0.3, 0.4) is 0 Å². The van der Waals surface area contributed by atoms with Crippen molar-refractivity contribution < 1.29 is 19.3 Å². The van der Waals surface area contributed by atoms with Crippen LogP contribution in [0.5, 0.6) is 17.2 Å². The topological polar surface area (TPSA) is 56.2 Å². The number of benzene rings is 3. The number of likely N-dealkylation sites (tertiary alicyclic amines) is 1. The molecule has 3 aromatic rings. The largest absolute Gasteiger partial charge is 0.508 e. The first kappa shape index (κ1) is 21.6. The number of rotatable bonds is 6. The Morgan fingerprint density at radius 3 is 2.45 bits per heavy atom. The van der Waals surface area contributed by atoms with Crippen molar-refractivity contribution in [3.63, 3.8) is 0 Å². The Morgan fingerprint density at radius 1 is 0.970 bits per heavy atom. The number of nitrogens with zero attached hydrogens (tertiary/aromatic N) is 2. The van der Waals surface area contributed by atoms with Gasteiger partial charge in [0, 0.05) is 24.8 Å². The average molecular weight is 449 g/mol. The van der Waals surface area contributed by atoms with Gasteiger partial charge in [0.25, 0.3) is 0 Å². The molecule has 0 aliphatic carbocycles. The minimum atomic E-state index is -0.206. The molecule has 6 heteroatoms. The summed E-state index contributed by atoms with van der Waals surface area (Å²) in [6.45, 7) is 5.71. The van der Waals surface area contributed by atoms with Crippen LogP contribution in [0, 0.1) is 11.7 Å². The molecule has 172 valence electrons. The molecule has 2 aliphatic heterocycles. The van der Waals surface area contributed by atoms with E-state index in [4.69, 9.17) is 4.74 Å². The summed E-state index contributed by atoms with van der Waals surface area (Å²) in [5, 5.41) is 19.6. The lowest BCUT2D eigenvalue weighted by molar-refractivity contribution is 0.100. The van der Waals surface area contributed by atoms with Crippen LogP contribution < -0.4 is 9.64 Å². The zero-order valence-electron chi connectivity index (χ0n) is 18.7. The summed E-state index contributed by atoms with van der Waals surface area (Å²) in [5.74, 6) is 1.18. The van der Waals surface area contributed by atoms with Gasteiger partial charge >= 0.3 is 0 Å². The van der Waals surface area contributed by atoms with E-state index in [0.717, 1.165) is 55.0 Å². The third-order valence-electron chi connectivity index (χ3n) is 6.59. The van der Waals surface area contributed by atoms with Gasteiger partial charge in [0.05, 0.1) is 11.7 Å². The summed E-state index contributed by atoms with van der Waals surface area (Å²) in [6.07, 6.45) is 1.90. The molecule has 0 radical (unpaired) electrons. The zero-order valence-corrected chi connectivity index (χ0v) is 18.7. The van der Waals surface area contributed by atoms with Gasteiger partial charge in [-0.3, -0.25) is 0 Å². The normalized spacial score (nSPS) is 18.5. The van der Waals surface area contributed by atoms with E-state index >= 15 is 4.39 Å². The number of phenolic OH excluding ortho intramolecular Hbond substituents is 2. The minimum absolute atomic E-state index is 0.121. The highest BCUT2D eigenvalue weighted by Crippen LogP contribution is 2.46. The van der Waals surface area contributed by atoms with E-state index in [1.165, 1.54) is 0 Å². The Labute approximate surface area is 193 Å². The third-order valence-corrected chi connectivity index (χ3v) is 6.59. The lowest BCUT2D eigenvalue weighted by atomic mass is 9.91. The molecule has 2 aliphatic rings. The van der Waals surface area contributed by atoms with Gasteiger partial charge in [-0.15, -0.1) is 0 Å². The van der Waals surface area contributed by atoms with Crippen molar-refractivity contribution in [2.24, 2.45) is 5.92 Å². The lowest BCUT2D eigenvalue weighted by Gasteiger charge is -2.40. The highest BCUT2D eigenvalue weighted by molar-refractivity contribution is 5.73. The number of ether oxygens (including phenoxy) is 1. The van der Waals surface area contributed by atoms with Crippen molar-refractivity contribution in [1.29, 1.82) is 0 Å². The summed E-state index contributed by atoms with van der Waals surface area (Å²) in [4.78, 5) is 4.46. The Hall–Kier alpha value is -3.25. The van der Waals surface area contributed by atoms with Gasteiger partial charge in [-0.05, 0) is 72.8 Å². The molecule has 33 heavy (non-hydrogen) atoms. The predicted octanol–water partition coefficient (Wildman–Crippen LogP) is 5.39. The molecule has 1 saturated heterocycles. The van der Waals surface area contributed by atoms with Crippen LogP contribution in [-0.2, 0) is 6.42 Å². The van der Waals surface area contributed by atoms with Gasteiger partial charge in [-0.2, -0.15) is 0 Å². The zero-order chi connectivity index (χ0) is 22.9. The van der Waals surface area contributed by atoms with E-state index in [-0.39, 0.29) is 23.4 Å². The summed E-state index contributed by atoms with van der Waals surface area (Å²) in [7, 11) is 0. The van der Waals surface area contributed by atoms with E-state index in [9.17, 15) is 10.2 Å². The summed E-state index contributed by atoms with van der Waals surface area (Å²) in [6, 6.07) is 17.2. The highest BCUT2D eigenvalue weighted by Gasteiger charge is 2.32. The van der Waals surface area contributed by atoms with E-state index in [1.807, 2.05) is 29.2 Å². The predicted molar refractivity (Wildman–Crippen MR) is 127 cm³/mol. The molecule has 1 atom stereocenters. The van der Waals surface area contributed by atoms with Gasteiger partial charge in [-0.25, -0.2) is 4.39 Å². The average Bonchev–Trinajstić information content (AvgIpc) is 2.78. The second kappa shape index (κ2) is 8.94. The fourth-order valence-corrected chi connectivity index (χ4v) is 4.96. The third kappa shape index (κ3) is 4.35. The quantitative estimate of drug-likeness (QED) is 0.529. The SMILES string of the molecule is CCCN1CC(Cc2ccc(N3c4ccc(O)cc4OC[C@H]3c3ccc(O)cc3)cc2F)C1. The van der Waals surface area contributed by atoms with Crippen molar-refractivity contribution >= 4 is 11.4 Å². The summed E-state index contributed by atoms with van der Waals surface area (Å²) >= 11 is 0. The van der Waals surface area contributed by atoms with E-state index in [2.05, 4.69) is 11.8 Å². The van der Waals surface area contributed by atoms with Crippen LogP contribution in [0.25, 0.3) is 0 Å². The first-order valence-electron chi connectivity index (χ1n) is 11.6. The maximum absolute atomic E-state index is 15.2. The second-order valence-corrected chi connectivity index (χ2v) is 9.05. The van der Waals surface area contributed by atoms with Gasteiger partial charge in [-0.1, -0.05) is 25.1 Å². The number of hydrogen-bond donors (Lipinski definition) is 2. The highest BCUT2D eigenvalue weighted by atomic mass is 19.1. The van der Waals surface area contributed by atoms with E-state index in [0.29, 0.717) is 18.3 Å². The number of hydrogen-bond acceptors (Lipinski definition) is 5. The van der Waals surface area contributed by atoms with Crippen molar-refractivity contribution in [2.45, 2.75) is 25.8 Å². The van der Waals surface area contributed by atoms with Crippen LogP contribution in [0.4, 0.5) is 15.8 Å². The van der Waals surface area contributed by atoms with E-state index < -0.39 is 0 Å².